The summed E-state index contributed by atoms with van der Waals surface area (Å²) < 4.78 is 2.22. The molecule has 18 heavy (non-hydrogen) atoms. The van der Waals surface area contributed by atoms with Crippen LogP contribution in [0, 0.1) is 13.8 Å². The van der Waals surface area contributed by atoms with Gasteiger partial charge >= 0.3 is 0 Å². The minimum absolute atomic E-state index is 0.729. The van der Waals surface area contributed by atoms with E-state index in [1.165, 1.54) is 17.0 Å². The van der Waals surface area contributed by atoms with Gasteiger partial charge in [0.15, 0.2) is 4.96 Å². The number of nitrogens with zero attached hydrogens (tertiary/aromatic N) is 2. The van der Waals surface area contributed by atoms with Crippen molar-refractivity contribution in [2.24, 2.45) is 0 Å². The van der Waals surface area contributed by atoms with Crippen LogP contribution in [0.2, 0.25) is 0 Å². The fourth-order valence-electron chi connectivity index (χ4n) is 1.95. The van der Waals surface area contributed by atoms with Gasteiger partial charge in [0.2, 0.25) is 0 Å². The smallest absolute Gasteiger partial charge is 0.194 e. The number of aromatic nitrogens is 2. The molecule has 100 valence electrons. The molecule has 0 spiro atoms. The van der Waals surface area contributed by atoms with E-state index in [4.69, 9.17) is 0 Å². The number of thiazole rings is 1. The highest BCUT2D eigenvalue weighted by Gasteiger charge is 2.10. The van der Waals surface area contributed by atoms with Crippen LogP contribution < -0.4 is 5.32 Å². The van der Waals surface area contributed by atoms with Crippen LogP contribution in [0.3, 0.4) is 0 Å². The van der Waals surface area contributed by atoms with Crippen LogP contribution in [-0.2, 0) is 6.54 Å². The van der Waals surface area contributed by atoms with Crippen molar-refractivity contribution in [2.75, 3.05) is 12.8 Å². The number of hydrogen-bond acceptors (Lipinski definition) is 4. The Hall–Kier alpha value is -0.520. The summed E-state index contributed by atoms with van der Waals surface area (Å²) in [5.41, 5.74) is 2.44. The van der Waals surface area contributed by atoms with Crippen molar-refractivity contribution < 1.29 is 0 Å². The first-order chi connectivity index (χ1) is 8.61. The quantitative estimate of drug-likeness (QED) is 0.825. The van der Waals surface area contributed by atoms with Crippen LogP contribution >= 0.6 is 23.1 Å². The number of imidazole rings is 1. The third-order valence-electron chi connectivity index (χ3n) is 3.16. The Morgan fingerprint density at radius 3 is 3.00 bits per heavy atom. The summed E-state index contributed by atoms with van der Waals surface area (Å²) in [5.74, 6) is 0. The molecule has 3 nitrogen and oxygen atoms in total. The molecule has 2 heterocycles. The zero-order valence-electron chi connectivity index (χ0n) is 11.5. The van der Waals surface area contributed by atoms with Gasteiger partial charge in [-0.1, -0.05) is 6.92 Å². The maximum atomic E-state index is 4.60. The van der Waals surface area contributed by atoms with Crippen LogP contribution in [0.5, 0.6) is 0 Å². The van der Waals surface area contributed by atoms with Crippen molar-refractivity contribution in [3.8, 4) is 0 Å². The molecule has 2 aromatic heterocycles. The lowest BCUT2D eigenvalue weighted by molar-refractivity contribution is 0.635. The molecule has 1 unspecified atom stereocenters. The number of fused-ring (bicyclic) bond motifs is 1. The first kappa shape index (κ1) is 13.9. The van der Waals surface area contributed by atoms with E-state index in [2.05, 4.69) is 47.9 Å². The molecule has 5 heteroatoms. The topological polar surface area (TPSA) is 29.3 Å². The zero-order chi connectivity index (χ0) is 13.1. The van der Waals surface area contributed by atoms with Gasteiger partial charge in [-0.05, 0) is 33.1 Å². The molecule has 0 aliphatic heterocycles. The van der Waals surface area contributed by atoms with E-state index in [0.717, 1.165) is 29.0 Å². The lowest BCUT2D eigenvalue weighted by Crippen LogP contribution is -2.19. The fourth-order valence-corrected chi connectivity index (χ4v) is 3.20. The lowest BCUT2D eigenvalue weighted by atomic mass is 10.3. The van der Waals surface area contributed by atoms with E-state index in [9.17, 15) is 0 Å². The highest BCUT2D eigenvalue weighted by Crippen LogP contribution is 2.20. The minimum Gasteiger partial charge on any atom is -0.311 e. The highest BCUT2D eigenvalue weighted by atomic mass is 32.2. The van der Waals surface area contributed by atoms with Crippen LogP contribution in [0.4, 0.5) is 0 Å². The average molecular weight is 283 g/mol. The van der Waals surface area contributed by atoms with Gasteiger partial charge in [-0.15, -0.1) is 11.3 Å². The molecule has 0 aromatic carbocycles. The van der Waals surface area contributed by atoms with Gasteiger partial charge in [0.25, 0.3) is 0 Å². The summed E-state index contributed by atoms with van der Waals surface area (Å²) in [4.78, 5) is 7.03. The summed E-state index contributed by atoms with van der Waals surface area (Å²) in [6, 6.07) is 0. The standard InChI is InChI=1S/C13H21N3S2/c1-9(17-4)5-6-14-7-12-11(3)15-13-16(12)8-10(2)18-13/h8-9,14H,5-7H2,1-4H3. The largest absolute Gasteiger partial charge is 0.311 e. The van der Waals surface area contributed by atoms with Crippen molar-refractivity contribution in [3.05, 3.63) is 22.5 Å². The van der Waals surface area contributed by atoms with Gasteiger partial charge in [-0.3, -0.25) is 4.40 Å². The Bertz CT molecular complexity index is 516. The van der Waals surface area contributed by atoms with E-state index >= 15 is 0 Å². The number of thioether (sulfide) groups is 1. The number of aryl methyl sites for hydroxylation is 2. The summed E-state index contributed by atoms with van der Waals surface area (Å²) in [7, 11) is 0. The minimum atomic E-state index is 0.729. The molecular formula is C13H21N3S2. The Morgan fingerprint density at radius 1 is 1.50 bits per heavy atom. The molecule has 0 amide bonds. The van der Waals surface area contributed by atoms with E-state index in [1.807, 2.05) is 11.8 Å². The normalized spacial score (nSPS) is 13.3. The van der Waals surface area contributed by atoms with Crippen molar-refractivity contribution >= 4 is 28.1 Å². The second-order valence-corrected chi connectivity index (χ2v) is 7.14. The van der Waals surface area contributed by atoms with E-state index in [1.54, 1.807) is 11.3 Å². The van der Waals surface area contributed by atoms with E-state index in [-0.39, 0.29) is 0 Å². The second-order valence-electron chi connectivity index (χ2n) is 4.65. The number of rotatable bonds is 6. The molecule has 0 saturated carbocycles. The first-order valence-electron chi connectivity index (χ1n) is 6.29. The SMILES string of the molecule is CSC(C)CCNCc1c(C)nc2sc(C)cn12. The van der Waals surface area contributed by atoms with Crippen LogP contribution in [0.15, 0.2) is 6.20 Å². The van der Waals surface area contributed by atoms with Crippen molar-refractivity contribution in [3.63, 3.8) is 0 Å². The van der Waals surface area contributed by atoms with Gasteiger partial charge < -0.3 is 5.32 Å². The number of hydrogen-bond donors (Lipinski definition) is 1. The monoisotopic (exact) mass is 283 g/mol. The van der Waals surface area contributed by atoms with Crippen LogP contribution in [0.1, 0.15) is 29.6 Å². The molecule has 0 fully saturated rings. The average Bonchev–Trinajstić information content (AvgIpc) is 2.81. The maximum absolute atomic E-state index is 4.60. The molecule has 0 aliphatic rings. The van der Waals surface area contributed by atoms with Crippen LogP contribution in [0.25, 0.3) is 4.96 Å². The summed E-state index contributed by atoms with van der Waals surface area (Å²) >= 11 is 3.68. The zero-order valence-corrected chi connectivity index (χ0v) is 13.1. The summed E-state index contributed by atoms with van der Waals surface area (Å²) in [6.45, 7) is 8.47. The molecule has 2 aromatic rings. The third kappa shape index (κ3) is 3.08. The second kappa shape index (κ2) is 6.08. The summed E-state index contributed by atoms with van der Waals surface area (Å²) in [6.07, 6.45) is 5.57. The van der Waals surface area contributed by atoms with Gasteiger partial charge in [0, 0.05) is 22.9 Å². The van der Waals surface area contributed by atoms with Crippen molar-refractivity contribution in [1.29, 1.82) is 0 Å². The molecular weight excluding hydrogens is 262 g/mol. The fraction of sp³-hybridized carbons (Fsp3) is 0.615. The van der Waals surface area contributed by atoms with Gasteiger partial charge in [0.1, 0.15) is 0 Å². The Labute approximate surface area is 117 Å². The lowest BCUT2D eigenvalue weighted by Gasteiger charge is -2.09. The Balaban J connectivity index is 1.96. The van der Waals surface area contributed by atoms with Gasteiger partial charge in [0.05, 0.1) is 11.4 Å². The third-order valence-corrected chi connectivity index (χ3v) is 5.10. The van der Waals surface area contributed by atoms with Crippen molar-refractivity contribution in [1.82, 2.24) is 14.7 Å². The molecule has 0 radical (unpaired) electrons. The van der Waals surface area contributed by atoms with Crippen molar-refractivity contribution in [2.45, 2.75) is 39.0 Å². The predicted molar refractivity (Wildman–Crippen MR) is 81.8 cm³/mol. The van der Waals surface area contributed by atoms with Gasteiger partial charge in [-0.25, -0.2) is 4.98 Å². The molecule has 2 rings (SSSR count). The first-order valence-corrected chi connectivity index (χ1v) is 8.39. The molecule has 0 aliphatic carbocycles. The predicted octanol–water partition coefficient (Wildman–Crippen LogP) is 3.24. The van der Waals surface area contributed by atoms with Crippen LogP contribution in [-0.4, -0.2) is 27.4 Å². The Morgan fingerprint density at radius 2 is 2.28 bits per heavy atom. The molecule has 1 N–H and O–H groups in total. The molecule has 0 bridgehead atoms. The van der Waals surface area contributed by atoms with E-state index < -0.39 is 0 Å². The number of nitrogens with one attached hydrogen (secondary N) is 1. The Kier molecular flexibility index (Phi) is 4.70. The van der Waals surface area contributed by atoms with Gasteiger partial charge in [-0.2, -0.15) is 11.8 Å². The maximum Gasteiger partial charge on any atom is 0.194 e. The summed E-state index contributed by atoms with van der Waals surface area (Å²) in [5, 5.41) is 4.25. The van der Waals surface area contributed by atoms with E-state index in [0.29, 0.717) is 0 Å². The highest BCUT2D eigenvalue weighted by molar-refractivity contribution is 7.99. The molecule has 0 saturated heterocycles. The molecule has 1 atom stereocenters.